The van der Waals surface area contributed by atoms with Crippen LogP contribution in [0, 0.1) is 42.2 Å². The van der Waals surface area contributed by atoms with Gasteiger partial charge in [-0.1, -0.05) is 219 Å². The van der Waals surface area contributed by atoms with E-state index in [9.17, 15) is 93.8 Å². The number of aryl methyl sites for hydroxylation is 1. The molecule has 0 amide bonds. The fourth-order valence-electron chi connectivity index (χ4n) is 15.1. The Morgan fingerprint density at radius 1 is 0.220 bits per heavy atom. The largest absolute Gasteiger partial charge is 0.416 e. The van der Waals surface area contributed by atoms with Crippen LogP contribution in [0.2, 0.25) is 0 Å². The van der Waals surface area contributed by atoms with Crippen molar-refractivity contribution in [2.24, 2.45) is 23.7 Å². The number of Topliss-reactive ketones (excluding diaryl/α,β-unsaturated/α-hetero) is 4. The van der Waals surface area contributed by atoms with Gasteiger partial charge < -0.3 is 0 Å². The summed E-state index contributed by atoms with van der Waals surface area (Å²) in [5.41, 5.74) is 11.2. The second-order valence-electron chi connectivity index (χ2n) is 33.8. The highest BCUT2D eigenvalue weighted by molar-refractivity contribution is 5.89. The Bertz CT molecular complexity index is 5560. The third kappa shape index (κ3) is 28.1. The molecule has 4 nitrogen and oxygen atoms in total. The molecule has 0 saturated carbocycles. The molecule has 0 aromatic heterocycles. The van der Waals surface area contributed by atoms with Crippen molar-refractivity contribution < 1.29 is 93.8 Å². The molecule has 4 unspecified atom stereocenters. The maximum atomic E-state index is 13.8. The molecule has 12 aromatic carbocycles. The summed E-state index contributed by atoms with van der Waals surface area (Å²) in [5.74, 6) is -1.01. The third-order valence-corrected chi connectivity index (χ3v) is 21.6. The SMILES string of the molecule is CC(=O)C(CC(C)C)c1cc(-c2ccc(C(F)(F)F)cc2)cc(-c2cccc(C(F)(F)F)c2)c1.CC(=O)C(CC(C)C)c1cc(-c2ccc(C(F)(F)F)cc2)cc(-c2cccc(F)c2)c1.CC(=O)C(CC(C)C)c1cc(-c2ccc(C)cc2)cc(-c2ccc(C(F)(F)F)cc2)c1.CC(=O)C(CC(C)C)c1cc(-c2ccc(F)cc2)cc(-c2ccc(C(F)(F)F)cc2)c1. The zero-order chi connectivity index (χ0) is 93.5. The number of rotatable bonds is 24. The van der Waals surface area contributed by atoms with Gasteiger partial charge in [0, 0.05) is 23.7 Å². The number of ketones is 4. The van der Waals surface area contributed by atoms with E-state index in [4.69, 9.17) is 0 Å². The molecule has 666 valence electrons. The average molecular weight is 1760 g/mol. The van der Waals surface area contributed by atoms with E-state index in [1.807, 2.05) is 127 Å². The van der Waals surface area contributed by atoms with Crippen molar-refractivity contribution in [3.05, 3.63) is 334 Å². The molecule has 127 heavy (non-hydrogen) atoms. The molecular formula is C106H99F17O4. The summed E-state index contributed by atoms with van der Waals surface area (Å²) in [6.45, 7) is 24.4. The van der Waals surface area contributed by atoms with Crippen molar-refractivity contribution >= 4 is 23.1 Å². The Hall–Kier alpha value is -11.9. The second-order valence-corrected chi connectivity index (χ2v) is 33.8. The van der Waals surface area contributed by atoms with Gasteiger partial charge in [0.2, 0.25) is 0 Å². The number of halogens is 17. The summed E-state index contributed by atoms with van der Waals surface area (Å²) in [6, 6.07) is 66.9. The number of alkyl halides is 15. The fourth-order valence-corrected chi connectivity index (χ4v) is 15.1. The lowest BCUT2D eigenvalue weighted by atomic mass is 9.84. The first-order valence-corrected chi connectivity index (χ1v) is 41.5. The third-order valence-electron chi connectivity index (χ3n) is 21.6. The minimum Gasteiger partial charge on any atom is -0.299 e. The molecule has 4 atom stereocenters. The van der Waals surface area contributed by atoms with Gasteiger partial charge >= 0.3 is 30.9 Å². The first kappa shape index (κ1) is 98.9. The molecule has 21 heteroatoms. The molecule has 0 fully saturated rings. The standard InChI is InChI=1S/C27H24F6O.C27H27F3O.2C26H24F4O/c1-16(2)11-25(17(3)34)22-13-20(18-7-9-23(10-8-18)26(28,29)30)12-21(14-22)19-5-4-6-24(15-19)27(31,32)33;1-17(2)13-26(19(4)31)24-15-22(20-7-5-18(3)6-8-20)14-23(16-24)21-9-11-25(12-10-21)27(28,29)30;1-16(2)12-25(17(3)31)22-14-20(18-4-8-23(9-5-18)26(28,29)30)13-21(15-22)19-6-10-24(27)11-7-19;1-16(2)11-25(17(3)31)22-13-20(18-7-9-23(10-8-18)26(28,29)30)12-21(14-22)19-5-4-6-24(27)15-19/h4-10,12-16,25H,11H2,1-3H3;5-12,14-17,26H,13H2,1-4H3;4-11,13-16,25H,12H2,1-3H3;4-10,12-16,25H,11H2,1-3H3. The predicted molar refractivity (Wildman–Crippen MR) is 470 cm³/mol. The van der Waals surface area contributed by atoms with Gasteiger partial charge in [0.1, 0.15) is 34.8 Å². The smallest absolute Gasteiger partial charge is 0.299 e. The van der Waals surface area contributed by atoms with E-state index < -0.39 is 64.6 Å². The normalized spacial score (nSPS) is 12.9. The molecular weight excluding hydrogens is 1660 g/mol. The number of hydrogen-bond donors (Lipinski definition) is 0. The van der Waals surface area contributed by atoms with E-state index in [-0.39, 0.29) is 70.3 Å². The summed E-state index contributed by atoms with van der Waals surface area (Å²) in [5, 5.41) is 0. The second kappa shape index (κ2) is 42.2. The van der Waals surface area contributed by atoms with E-state index in [0.717, 1.165) is 117 Å². The summed E-state index contributed by atoms with van der Waals surface area (Å²) >= 11 is 0. The van der Waals surface area contributed by atoms with Gasteiger partial charge in [-0.25, -0.2) is 8.78 Å². The topological polar surface area (TPSA) is 68.3 Å². The lowest BCUT2D eigenvalue weighted by molar-refractivity contribution is -0.138. The molecule has 0 N–H and O–H groups in total. The van der Waals surface area contributed by atoms with E-state index in [1.54, 1.807) is 63.2 Å². The summed E-state index contributed by atoms with van der Waals surface area (Å²) in [6.07, 6.45) is -19.6. The van der Waals surface area contributed by atoms with Gasteiger partial charge in [-0.2, -0.15) is 65.9 Å². The van der Waals surface area contributed by atoms with Crippen molar-refractivity contribution in [2.75, 3.05) is 0 Å². The minimum absolute atomic E-state index is 0.0171. The molecule has 0 aliphatic carbocycles. The van der Waals surface area contributed by atoms with Crippen LogP contribution in [-0.2, 0) is 50.1 Å². The van der Waals surface area contributed by atoms with Crippen LogP contribution >= 0.6 is 0 Å². The van der Waals surface area contributed by atoms with Crippen LogP contribution in [-0.4, -0.2) is 23.1 Å². The monoisotopic (exact) mass is 1760 g/mol. The molecule has 0 radical (unpaired) electrons. The van der Waals surface area contributed by atoms with Gasteiger partial charge in [-0.15, -0.1) is 0 Å². The maximum Gasteiger partial charge on any atom is 0.416 e. The van der Waals surface area contributed by atoms with Crippen LogP contribution in [0.3, 0.4) is 0 Å². The van der Waals surface area contributed by atoms with Crippen LogP contribution < -0.4 is 0 Å². The Kier molecular flexibility index (Phi) is 32.8. The highest BCUT2D eigenvalue weighted by atomic mass is 19.4. The van der Waals surface area contributed by atoms with Crippen LogP contribution in [0.4, 0.5) is 74.6 Å². The molecule has 0 spiro atoms. The van der Waals surface area contributed by atoms with Crippen LogP contribution in [0.1, 0.15) is 188 Å². The van der Waals surface area contributed by atoms with Crippen LogP contribution in [0.25, 0.3) is 89.0 Å². The Balaban J connectivity index is 0.000000191. The quantitative estimate of drug-likeness (QED) is 0.0566. The van der Waals surface area contributed by atoms with Gasteiger partial charge in [-0.3, -0.25) is 19.2 Å². The van der Waals surface area contributed by atoms with Crippen molar-refractivity contribution in [1.82, 2.24) is 0 Å². The Labute approximate surface area is 730 Å². The molecule has 0 heterocycles. The number of carbonyl (C=O) groups excluding carboxylic acids is 4. The Morgan fingerprint density at radius 3 is 0.638 bits per heavy atom. The van der Waals surface area contributed by atoms with Gasteiger partial charge in [-0.05, 0) is 304 Å². The van der Waals surface area contributed by atoms with Gasteiger partial charge in [0.15, 0.2) is 0 Å². The molecule has 12 aromatic rings. The first-order valence-electron chi connectivity index (χ1n) is 41.5. The number of carbonyl (C=O) groups is 4. The molecule has 0 saturated heterocycles. The number of hydrogen-bond acceptors (Lipinski definition) is 4. The summed E-state index contributed by atoms with van der Waals surface area (Å²) < 4.78 is 223. The van der Waals surface area contributed by atoms with Crippen molar-refractivity contribution in [3.63, 3.8) is 0 Å². The zero-order valence-electron chi connectivity index (χ0n) is 72.4. The first-order chi connectivity index (χ1) is 59.4. The van der Waals surface area contributed by atoms with E-state index in [1.165, 1.54) is 91.9 Å². The zero-order valence-corrected chi connectivity index (χ0v) is 72.4. The fraction of sp³-hybridized carbons (Fsp3) is 0.283. The van der Waals surface area contributed by atoms with E-state index in [2.05, 4.69) is 13.8 Å². The average Bonchev–Trinajstić information content (AvgIpc) is 0.808. The predicted octanol–water partition coefficient (Wildman–Crippen LogP) is 32.6. The van der Waals surface area contributed by atoms with Crippen molar-refractivity contribution in [2.45, 2.75) is 170 Å². The Morgan fingerprint density at radius 2 is 0.425 bits per heavy atom. The molecule has 12 rings (SSSR count). The van der Waals surface area contributed by atoms with Crippen molar-refractivity contribution in [1.29, 1.82) is 0 Å². The molecule has 0 aliphatic rings. The highest BCUT2D eigenvalue weighted by Crippen LogP contribution is 2.44. The van der Waals surface area contributed by atoms with E-state index in [0.29, 0.717) is 91.9 Å². The van der Waals surface area contributed by atoms with Gasteiger partial charge in [0.05, 0.1) is 27.8 Å². The maximum absolute atomic E-state index is 13.8. The number of benzene rings is 12. The summed E-state index contributed by atoms with van der Waals surface area (Å²) in [7, 11) is 0. The lowest BCUT2D eigenvalue weighted by Gasteiger charge is -2.20. The molecule has 0 bridgehead atoms. The van der Waals surface area contributed by atoms with Crippen LogP contribution in [0.5, 0.6) is 0 Å². The van der Waals surface area contributed by atoms with Gasteiger partial charge in [0.25, 0.3) is 0 Å². The van der Waals surface area contributed by atoms with E-state index >= 15 is 0 Å². The van der Waals surface area contributed by atoms with Crippen molar-refractivity contribution in [3.8, 4) is 89.0 Å². The minimum atomic E-state index is -4.52. The lowest BCUT2D eigenvalue weighted by Crippen LogP contribution is -2.12. The van der Waals surface area contributed by atoms with Crippen LogP contribution in [0.15, 0.2) is 267 Å². The summed E-state index contributed by atoms with van der Waals surface area (Å²) in [4.78, 5) is 49.7. The highest BCUT2D eigenvalue weighted by Gasteiger charge is 2.36. The molecule has 0 aliphatic heterocycles.